The SMILES string of the molecule is Cc1ccc(CS(=O)(=O)c2cn(CC(=O)Nc3cc(Cl)ccc3Cl)c3ccccc23)cc1. The second-order valence-electron chi connectivity index (χ2n) is 7.56. The van der Waals surface area contributed by atoms with Gasteiger partial charge in [-0.2, -0.15) is 0 Å². The fraction of sp³-hybridized carbons (Fsp3) is 0.125. The van der Waals surface area contributed by atoms with E-state index in [1.807, 2.05) is 31.2 Å². The summed E-state index contributed by atoms with van der Waals surface area (Å²) >= 11 is 12.1. The van der Waals surface area contributed by atoms with Crippen LogP contribution in [0, 0.1) is 6.92 Å². The van der Waals surface area contributed by atoms with Gasteiger partial charge >= 0.3 is 0 Å². The van der Waals surface area contributed by atoms with Crippen LogP contribution in [0.1, 0.15) is 11.1 Å². The summed E-state index contributed by atoms with van der Waals surface area (Å²) in [6.45, 7) is 1.87. The average molecular weight is 487 g/mol. The maximum absolute atomic E-state index is 13.2. The van der Waals surface area contributed by atoms with E-state index < -0.39 is 9.84 Å². The van der Waals surface area contributed by atoms with Crippen molar-refractivity contribution in [1.82, 2.24) is 4.57 Å². The Morgan fingerprint density at radius 1 is 1.00 bits per heavy atom. The first-order valence-corrected chi connectivity index (χ1v) is 12.2. The third kappa shape index (κ3) is 4.83. The number of rotatable bonds is 6. The van der Waals surface area contributed by atoms with E-state index in [0.717, 1.165) is 5.56 Å². The molecule has 1 aromatic heterocycles. The van der Waals surface area contributed by atoms with Crippen LogP contribution in [0.25, 0.3) is 10.9 Å². The summed E-state index contributed by atoms with van der Waals surface area (Å²) in [7, 11) is -3.63. The molecular weight excluding hydrogens is 467 g/mol. The maximum atomic E-state index is 13.2. The summed E-state index contributed by atoms with van der Waals surface area (Å²) in [6.07, 6.45) is 1.52. The molecule has 0 unspecified atom stereocenters. The van der Waals surface area contributed by atoms with Crippen LogP contribution in [0.4, 0.5) is 5.69 Å². The number of anilines is 1. The van der Waals surface area contributed by atoms with Gasteiger partial charge < -0.3 is 9.88 Å². The van der Waals surface area contributed by atoms with Gasteiger partial charge in [-0.05, 0) is 36.8 Å². The number of hydrogen-bond acceptors (Lipinski definition) is 3. The molecule has 0 saturated heterocycles. The fourth-order valence-corrected chi connectivity index (χ4v) is 5.43. The minimum Gasteiger partial charge on any atom is -0.337 e. The molecule has 4 rings (SSSR count). The normalized spacial score (nSPS) is 11.6. The zero-order chi connectivity index (χ0) is 22.9. The molecule has 3 aromatic carbocycles. The van der Waals surface area contributed by atoms with Gasteiger partial charge in [0.2, 0.25) is 5.91 Å². The zero-order valence-corrected chi connectivity index (χ0v) is 19.5. The van der Waals surface area contributed by atoms with E-state index in [1.165, 1.54) is 6.20 Å². The molecule has 1 amide bonds. The van der Waals surface area contributed by atoms with Crippen molar-refractivity contribution in [3.63, 3.8) is 0 Å². The molecule has 164 valence electrons. The van der Waals surface area contributed by atoms with E-state index >= 15 is 0 Å². The van der Waals surface area contributed by atoms with Gasteiger partial charge in [0.05, 0.1) is 21.4 Å². The zero-order valence-electron chi connectivity index (χ0n) is 17.2. The quantitative estimate of drug-likeness (QED) is 0.370. The number of nitrogens with one attached hydrogen (secondary N) is 1. The second kappa shape index (κ2) is 8.98. The molecule has 1 heterocycles. The number of carbonyl (C=O) groups excluding carboxylic acids is 1. The molecule has 0 bridgehead atoms. The minimum atomic E-state index is -3.63. The van der Waals surface area contributed by atoms with E-state index in [9.17, 15) is 13.2 Å². The summed E-state index contributed by atoms with van der Waals surface area (Å²) in [6, 6.07) is 19.3. The fourth-order valence-electron chi connectivity index (χ4n) is 3.51. The van der Waals surface area contributed by atoms with Crippen molar-refractivity contribution >= 4 is 55.5 Å². The number of para-hydroxylation sites is 1. The third-order valence-electron chi connectivity index (χ3n) is 5.08. The van der Waals surface area contributed by atoms with Crippen molar-refractivity contribution in [3.05, 3.63) is 94.1 Å². The standard InChI is InChI=1S/C24H20Cl2N2O3S/c1-16-6-8-17(9-7-16)15-32(30,31)23-13-28(22-5-3-2-4-19(22)23)14-24(29)27-21-12-18(25)10-11-20(21)26/h2-13H,14-15H2,1H3,(H,27,29). The predicted octanol–water partition coefficient (Wildman–Crippen LogP) is 5.87. The molecular formula is C24H20Cl2N2O3S. The number of nitrogens with zero attached hydrogens (tertiary/aromatic N) is 1. The lowest BCUT2D eigenvalue weighted by atomic mass is 10.2. The molecule has 32 heavy (non-hydrogen) atoms. The van der Waals surface area contributed by atoms with Gasteiger partial charge in [-0.3, -0.25) is 4.79 Å². The molecule has 4 aromatic rings. The molecule has 0 aliphatic carbocycles. The Morgan fingerprint density at radius 2 is 1.72 bits per heavy atom. The Hall–Kier alpha value is -2.80. The van der Waals surface area contributed by atoms with Gasteiger partial charge in [-0.25, -0.2) is 8.42 Å². The summed E-state index contributed by atoms with van der Waals surface area (Å²) in [5.74, 6) is -0.469. The maximum Gasteiger partial charge on any atom is 0.244 e. The number of amides is 1. The number of hydrogen-bond donors (Lipinski definition) is 1. The van der Waals surface area contributed by atoms with Gasteiger partial charge in [-0.15, -0.1) is 0 Å². The Kier molecular flexibility index (Phi) is 6.29. The van der Waals surface area contributed by atoms with Gasteiger partial charge in [0, 0.05) is 22.1 Å². The Balaban J connectivity index is 1.64. The van der Waals surface area contributed by atoms with Crippen LogP contribution in [0.2, 0.25) is 10.0 Å². The monoisotopic (exact) mass is 486 g/mol. The first kappa shape index (κ1) is 22.4. The van der Waals surface area contributed by atoms with Crippen molar-refractivity contribution in [2.75, 3.05) is 5.32 Å². The highest BCUT2D eigenvalue weighted by Gasteiger charge is 2.22. The van der Waals surface area contributed by atoms with E-state index in [4.69, 9.17) is 23.2 Å². The number of fused-ring (bicyclic) bond motifs is 1. The molecule has 1 N–H and O–H groups in total. The average Bonchev–Trinajstić information content (AvgIpc) is 3.12. The van der Waals surface area contributed by atoms with Crippen LogP contribution < -0.4 is 5.32 Å². The lowest BCUT2D eigenvalue weighted by molar-refractivity contribution is -0.116. The minimum absolute atomic E-state index is 0.0800. The molecule has 0 atom stereocenters. The number of aromatic nitrogens is 1. The highest BCUT2D eigenvalue weighted by atomic mass is 35.5. The topological polar surface area (TPSA) is 68.2 Å². The molecule has 0 spiro atoms. The Bertz CT molecular complexity index is 1410. The van der Waals surface area contributed by atoms with Crippen molar-refractivity contribution in [2.45, 2.75) is 24.1 Å². The second-order valence-corrected chi connectivity index (χ2v) is 10.4. The van der Waals surface area contributed by atoms with Gasteiger partial charge in [0.25, 0.3) is 0 Å². The molecule has 0 aliphatic heterocycles. The van der Waals surface area contributed by atoms with Crippen LogP contribution in [0.15, 0.2) is 77.8 Å². The highest BCUT2D eigenvalue weighted by molar-refractivity contribution is 7.90. The molecule has 0 aliphatic rings. The van der Waals surface area contributed by atoms with E-state index in [2.05, 4.69) is 5.32 Å². The number of carbonyl (C=O) groups is 1. The van der Waals surface area contributed by atoms with Crippen LogP contribution in [-0.4, -0.2) is 18.9 Å². The van der Waals surface area contributed by atoms with Gasteiger partial charge in [-0.1, -0.05) is 71.2 Å². The van der Waals surface area contributed by atoms with E-state index in [1.54, 1.807) is 47.0 Å². The number of halogens is 2. The van der Waals surface area contributed by atoms with Crippen molar-refractivity contribution < 1.29 is 13.2 Å². The summed E-state index contributed by atoms with van der Waals surface area (Å²) < 4.78 is 28.1. The van der Waals surface area contributed by atoms with Crippen LogP contribution in [0.5, 0.6) is 0 Å². The number of sulfone groups is 1. The molecule has 0 radical (unpaired) electrons. The van der Waals surface area contributed by atoms with Crippen LogP contribution in [0.3, 0.4) is 0 Å². The molecule has 5 nitrogen and oxygen atoms in total. The van der Waals surface area contributed by atoms with Gasteiger partial charge in [0.1, 0.15) is 6.54 Å². The van der Waals surface area contributed by atoms with Crippen molar-refractivity contribution in [3.8, 4) is 0 Å². The van der Waals surface area contributed by atoms with Crippen molar-refractivity contribution in [1.29, 1.82) is 0 Å². The summed E-state index contributed by atoms with van der Waals surface area (Å²) in [5.41, 5.74) is 2.82. The highest BCUT2D eigenvalue weighted by Crippen LogP contribution is 2.29. The van der Waals surface area contributed by atoms with E-state index in [0.29, 0.717) is 32.2 Å². The molecule has 0 saturated carbocycles. The first-order valence-electron chi connectivity index (χ1n) is 9.84. The van der Waals surface area contributed by atoms with Crippen LogP contribution in [-0.2, 0) is 26.9 Å². The molecule has 8 heteroatoms. The lowest BCUT2D eigenvalue weighted by Gasteiger charge is -2.09. The predicted molar refractivity (Wildman–Crippen MR) is 129 cm³/mol. The van der Waals surface area contributed by atoms with Gasteiger partial charge in [0.15, 0.2) is 9.84 Å². The third-order valence-corrected chi connectivity index (χ3v) is 7.35. The summed E-state index contributed by atoms with van der Waals surface area (Å²) in [5, 5.41) is 4.12. The van der Waals surface area contributed by atoms with E-state index in [-0.39, 0.29) is 23.1 Å². The largest absolute Gasteiger partial charge is 0.337 e. The smallest absolute Gasteiger partial charge is 0.244 e. The number of benzene rings is 3. The summed E-state index contributed by atoms with van der Waals surface area (Å²) in [4.78, 5) is 12.9. The molecule has 0 fully saturated rings. The Morgan fingerprint density at radius 3 is 2.47 bits per heavy atom. The van der Waals surface area contributed by atoms with Crippen molar-refractivity contribution in [2.24, 2.45) is 0 Å². The number of aryl methyl sites for hydroxylation is 1. The van der Waals surface area contributed by atoms with Crippen LogP contribution >= 0.6 is 23.2 Å². The lowest BCUT2D eigenvalue weighted by Crippen LogP contribution is -2.18. The first-order chi connectivity index (χ1) is 15.2. The Labute approximate surface area is 196 Å².